The molecule has 1 atom stereocenters. The first kappa shape index (κ1) is 12.9. The Bertz CT molecular complexity index is 443. The molecule has 4 heteroatoms. The maximum Gasteiger partial charge on any atom is 0.407 e. The van der Waals surface area contributed by atoms with Crippen molar-refractivity contribution in [2.75, 3.05) is 6.54 Å². The van der Waals surface area contributed by atoms with Gasteiger partial charge < -0.3 is 10.1 Å². The Morgan fingerprint density at radius 1 is 1.16 bits per heavy atom. The zero-order valence-corrected chi connectivity index (χ0v) is 11.7. The van der Waals surface area contributed by atoms with Crippen LogP contribution in [0, 0.1) is 0 Å². The molecule has 0 aromatic heterocycles. The molecule has 19 heavy (non-hydrogen) atoms. The van der Waals surface area contributed by atoms with Crippen molar-refractivity contribution in [2.24, 2.45) is 0 Å². The van der Waals surface area contributed by atoms with E-state index in [-0.39, 0.29) is 11.7 Å². The van der Waals surface area contributed by atoms with Crippen LogP contribution in [0.3, 0.4) is 0 Å². The molecule has 3 rings (SSSR count). The van der Waals surface area contributed by atoms with Crippen molar-refractivity contribution < 1.29 is 9.53 Å². The second-order valence-electron chi connectivity index (χ2n) is 5.32. The van der Waals surface area contributed by atoms with Gasteiger partial charge in [-0.05, 0) is 37.8 Å². The van der Waals surface area contributed by atoms with E-state index < -0.39 is 0 Å². The molecule has 102 valence electrons. The quantitative estimate of drug-likeness (QED) is 0.897. The first-order valence-electron chi connectivity index (χ1n) is 6.97. The topological polar surface area (TPSA) is 38.3 Å². The summed E-state index contributed by atoms with van der Waals surface area (Å²) >= 11 is 1.83. The highest BCUT2D eigenvalue weighted by Gasteiger charge is 2.46. The molecule has 1 heterocycles. The standard InChI is InChI=1S/C15H19NO2S/c17-14-16-11-13(19-12-7-3-1-4-8-12)15(18-14)9-5-2-6-10-15/h1,3-4,7-8,13H,2,5-6,9-11H2,(H,16,17). The minimum absolute atomic E-state index is 0.244. The summed E-state index contributed by atoms with van der Waals surface area (Å²) in [7, 11) is 0. The Hall–Kier alpha value is -1.16. The summed E-state index contributed by atoms with van der Waals surface area (Å²) in [6.45, 7) is 0.707. The second-order valence-corrected chi connectivity index (χ2v) is 6.59. The van der Waals surface area contributed by atoms with Crippen LogP contribution in [0.5, 0.6) is 0 Å². The number of amides is 1. The Kier molecular flexibility index (Phi) is 3.69. The predicted molar refractivity (Wildman–Crippen MR) is 76.4 cm³/mol. The summed E-state index contributed by atoms with van der Waals surface area (Å²) in [6.07, 6.45) is 5.36. The number of carbonyl (C=O) groups excluding carboxylic acids is 1. The molecule has 0 radical (unpaired) electrons. The SMILES string of the molecule is O=C1NCC(Sc2ccccc2)C2(CCCCC2)O1. The Labute approximate surface area is 118 Å². The van der Waals surface area contributed by atoms with Gasteiger partial charge in [0.25, 0.3) is 0 Å². The highest BCUT2D eigenvalue weighted by molar-refractivity contribution is 8.00. The molecule has 0 bridgehead atoms. The van der Waals surface area contributed by atoms with Crippen LogP contribution in [0.25, 0.3) is 0 Å². The summed E-state index contributed by atoms with van der Waals surface area (Å²) in [5.41, 5.74) is -0.249. The number of nitrogens with one attached hydrogen (secondary N) is 1. The van der Waals surface area contributed by atoms with E-state index >= 15 is 0 Å². The number of carbonyl (C=O) groups is 1. The predicted octanol–water partition coefficient (Wildman–Crippen LogP) is 3.59. The number of ether oxygens (including phenoxy) is 1. The van der Waals surface area contributed by atoms with Crippen LogP contribution >= 0.6 is 11.8 Å². The summed E-state index contributed by atoms with van der Waals surface area (Å²) in [5.74, 6) is 0. The number of rotatable bonds is 2. The molecule has 1 aromatic rings. The van der Waals surface area contributed by atoms with Gasteiger partial charge in [-0.25, -0.2) is 4.79 Å². The van der Waals surface area contributed by atoms with E-state index in [1.165, 1.54) is 24.2 Å². The molecule has 1 saturated heterocycles. The van der Waals surface area contributed by atoms with Crippen LogP contribution in [0.2, 0.25) is 0 Å². The fraction of sp³-hybridized carbons (Fsp3) is 0.533. The molecule has 1 N–H and O–H groups in total. The van der Waals surface area contributed by atoms with Crippen molar-refractivity contribution in [2.45, 2.75) is 47.9 Å². The molecule has 2 aliphatic rings. The van der Waals surface area contributed by atoms with Gasteiger partial charge in [-0.3, -0.25) is 0 Å². The van der Waals surface area contributed by atoms with Crippen LogP contribution < -0.4 is 5.32 Å². The minimum atomic E-state index is -0.249. The Morgan fingerprint density at radius 2 is 1.89 bits per heavy atom. The molecule has 2 fully saturated rings. The maximum atomic E-state index is 11.6. The lowest BCUT2D eigenvalue weighted by molar-refractivity contribution is -0.0328. The van der Waals surface area contributed by atoms with E-state index in [1.807, 2.05) is 17.8 Å². The van der Waals surface area contributed by atoms with Crippen molar-refractivity contribution in [3.05, 3.63) is 30.3 Å². The average molecular weight is 277 g/mol. The summed E-state index contributed by atoms with van der Waals surface area (Å²) in [6, 6.07) is 10.4. The number of thioether (sulfide) groups is 1. The van der Waals surface area contributed by atoms with E-state index in [1.54, 1.807) is 0 Å². The zero-order valence-electron chi connectivity index (χ0n) is 10.9. The lowest BCUT2D eigenvalue weighted by Crippen LogP contribution is -2.57. The van der Waals surface area contributed by atoms with Crippen LogP contribution in [0.4, 0.5) is 4.79 Å². The van der Waals surface area contributed by atoms with Gasteiger partial charge in [0.15, 0.2) is 0 Å². The molecule has 1 saturated carbocycles. The highest BCUT2D eigenvalue weighted by Crippen LogP contribution is 2.43. The smallest absolute Gasteiger partial charge is 0.407 e. The summed E-state index contributed by atoms with van der Waals surface area (Å²) in [5, 5.41) is 3.15. The van der Waals surface area contributed by atoms with Crippen LogP contribution in [0.1, 0.15) is 32.1 Å². The third-order valence-electron chi connectivity index (χ3n) is 4.04. The van der Waals surface area contributed by atoms with Gasteiger partial charge in [0.05, 0.1) is 5.25 Å². The lowest BCUT2D eigenvalue weighted by atomic mass is 9.81. The number of hydrogen-bond acceptors (Lipinski definition) is 3. The van der Waals surface area contributed by atoms with Crippen molar-refractivity contribution in [3.63, 3.8) is 0 Å². The third-order valence-corrected chi connectivity index (χ3v) is 5.46. The van der Waals surface area contributed by atoms with Gasteiger partial charge >= 0.3 is 6.09 Å². The van der Waals surface area contributed by atoms with Crippen LogP contribution in [-0.2, 0) is 4.74 Å². The molecule has 1 spiro atoms. The second kappa shape index (κ2) is 5.45. The molecule has 1 aromatic carbocycles. The molecular weight excluding hydrogens is 258 g/mol. The Morgan fingerprint density at radius 3 is 2.63 bits per heavy atom. The number of alkyl carbamates (subject to hydrolysis) is 1. The summed E-state index contributed by atoms with van der Waals surface area (Å²) in [4.78, 5) is 12.8. The van der Waals surface area contributed by atoms with Gasteiger partial charge in [-0.2, -0.15) is 0 Å². The molecule has 1 aliphatic heterocycles. The molecule has 1 amide bonds. The van der Waals surface area contributed by atoms with E-state index in [9.17, 15) is 4.79 Å². The van der Waals surface area contributed by atoms with Gasteiger partial charge in [-0.15, -0.1) is 11.8 Å². The lowest BCUT2D eigenvalue weighted by Gasteiger charge is -2.45. The van der Waals surface area contributed by atoms with Crippen molar-refractivity contribution in [1.82, 2.24) is 5.32 Å². The molecule has 3 nitrogen and oxygen atoms in total. The minimum Gasteiger partial charge on any atom is -0.442 e. The van der Waals surface area contributed by atoms with Gasteiger partial charge in [0.1, 0.15) is 5.60 Å². The van der Waals surface area contributed by atoms with Gasteiger partial charge in [0.2, 0.25) is 0 Å². The third kappa shape index (κ3) is 2.73. The van der Waals surface area contributed by atoms with Crippen molar-refractivity contribution >= 4 is 17.9 Å². The average Bonchev–Trinajstić information content (AvgIpc) is 2.44. The molecular formula is C15H19NO2S. The molecule has 1 aliphatic carbocycles. The highest BCUT2D eigenvalue weighted by atomic mass is 32.2. The van der Waals surface area contributed by atoms with Gasteiger partial charge in [-0.1, -0.05) is 24.6 Å². The summed E-state index contributed by atoms with van der Waals surface area (Å²) < 4.78 is 5.73. The number of hydrogen-bond donors (Lipinski definition) is 1. The first-order chi connectivity index (χ1) is 9.28. The monoisotopic (exact) mass is 277 g/mol. The number of benzene rings is 1. The van der Waals surface area contributed by atoms with E-state index in [0.717, 1.165) is 12.8 Å². The fourth-order valence-corrected chi connectivity index (χ4v) is 4.34. The maximum absolute atomic E-state index is 11.6. The van der Waals surface area contributed by atoms with Crippen LogP contribution in [-0.4, -0.2) is 23.5 Å². The van der Waals surface area contributed by atoms with E-state index in [4.69, 9.17) is 4.74 Å². The largest absolute Gasteiger partial charge is 0.442 e. The fourth-order valence-electron chi connectivity index (χ4n) is 3.04. The van der Waals surface area contributed by atoms with E-state index in [2.05, 4.69) is 29.6 Å². The van der Waals surface area contributed by atoms with Crippen molar-refractivity contribution in [3.8, 4) is 0 Å². The first-order valence-corrected chi connectivity index (χ1v) is 7.85. The van der Waals surface area contributed by atoms with Gasteiger partial charge in [0, 0.05) is 11.4 Å². The molecule has 1 unspecified atom stereocenters. The van der Waals surface area contributed by atoms with Crippen LogP contribution in [0.15, 0.2) is 35.2 Å². The van der Waals surface area contributed by atoms with Crippen molar-refractivity contribution in [1.29, 1.82) is 0 Å². The normalized spacial score (nSPS) is 25.7. The Balaban J connectivity index is 1.79. The van der Waals surface area contributed by atoms with E-state index in [0.29, 0.717) is 11.8 Å². The zero-order chi connectivity index (χ0) is 13.1.